The summed E-state index contributed by atoms with van der Waals surface area (Å²) in [5.74, 6) is -5.86. The number of benzene rings is 1. The normalized spacial score (nSPS) is 11.1. The van der Waals surface area contributed by atoms with Crippen molar-refractivity contribution in [2.75, 3.05) is 25.6 Å². The Morgan fingerprint density at radius 2 is 2.14 bits per heavy atom. The number of carbonyl (C=O) groups is 1. The second-order valence-corrected chi connectivity index (χ2v) is 3.97. The highest BCUT2D eigenvalue weighted by molar-refractivity contribution is 5.91. The van der Waals surface area contributed by atoms with Crippen LogP contribution in [0.25, 0.3) is 0 Å². The number of hydrogen-bond acceptors (Lipinski definition) is 6. The molecule has 0 aliphatic heterocycles. The molecule has 0 aromatic heterocycles. The summed E-state index contributed by atoms with van der Waals surface area (Å²) in [6, 6.07) is 1.12. The Balaban J connectivity index is 3.20. The summed E-state index contributed by atoms with van der Waals surface area (Å²) in [6.45, 7) is -2.60. The molecule has 0 bridgehead atoms. The molecule has 0 heterocycles. The second kappa shape index (κ2) is 6.39. The zero-order valence-electron chi connectivity index (χ0n) is 10.7. The summed E-state index contributed by atoms with van der Waals surface area (Å²) in [5.41, 5.74) is -1.96. The van der Waals surface area contributed by atoms with Gasteiger partial charge in [-0.2, -0.15) is 0 Å². The number of nitro benzene ring substituents is 1. The highest BCUT2D eigenvalue weighted by atomic mass is 19.3. The molecule has 0 aliphatic rings. The molecule has 2 N–H and O–H groups in total. The molecule has 0 saturated carbocycles. The van der Waals surface area contributed by atoms with Gasteiger partial charge in [-0.15, -0.1) is 0 Å². The summed E-state index contributed by atoms with van der Waals surface area (Å²) in [6.07, 6.45) is 0. The Hall–Kier alpha value is -2.36. The number of nitrogens with zero attached hydrogens (tertiary/aromatic N) is 1. The first-order chi connectivity index (χ1) is 9.71. The Morgan fingerprint density at radius 3 is 2.62 bits per heavy atom. The molecule has 1 rings (SSSR count). The number of aliphatic hydroxyl groups is 1. The molecule has 0 fully saturated rings. The molecule has 10 heteroatoms. The molecule has 7 nitrogen and oxygen atoms in total. The second-order valence-electron chi connectivity index (χ2n) is 3.97. The average Bonchev–Trinajstić information content (AvgIpc) is 2.44. The quantitative estimate of drug-likeness (QED) is 0.470. The lowest BCUT2D eigenvalue weighted by atomic mass is 10.1. The zero-order valence-corrected chi connectivity index (χ0v) is 10.7. The van der Waals surface area contributed by atoms with E-state index in [4.69, 9.17) is 5.11 Å². The number of nitrogens with one attached hydrogen (secondary N) is 1. The molecule has 0 unspecified atom stereocenters. The van der Waals surface area contributed by atoms with Gasteiger partial charge in [-0.25, -0.2) is 18.0 Å². The van der Waals surface area contributed by atoms with Crippen molar-refractivity contribution in [2.45, 2.75) is 5.92 Å². The molecule has 1 aromatic rings. The van der Waals surface area contributed by atoms with Crippen molar-refractivity contribution in [3.63, 3.8) is 0 Å². The van der Waals surface area contributed by atoms with Gasteiger partial charge in [0.1, 0.15) is 18.1 Å². The van der Waals surface area contributed by atoms with Gasteiger partial charge in [0.25, 0.3) is 11.6 Å². The summed E-state index contributed by atoms with van der Waals surface area (Å²) >= 11 is 0. The number of nitro groups is 1. The number of rotatable bonds is 6. The summed E-state index contributed by atoms with van der Waals surface area (Å²) < 4.78 is 43.7. The van der Waals surface area contributed by atoms with Gasteiger partial charge >= 0.3 is 5.97 Å². The average molecular weight is 308 g/mol. The van der Waals surface area contributed by atoms with E-state index in [-0.39, 0.29) is 0 Å². The number of esters is 1. The van der Waals surface area contributed by atoms with Gasteiger partial charge in [0, 0.05) is 0 Å². The maximum absolute atomic E-state index is 13.5. The van der Waals surface area contributed by atoms with Gasteiger partial charge in [-0.1, -0.05) is 0 Å². The van der Waals surface area contributed by atoms with Crippen LogP contribution in [0.4, 0.5) is 24.5 Å². The maximum atomic E-state index is 13.5. The minimum atomic E-state index is -3.53. The third-order valence-corrected chi connectivity index (χ3v) is 2.46. The van der Waals surface area contributed by atoms with E-state index >= 15 is 0 Å². The molecule has 116 valence electrons. The molecule has 0 radical (unpaired) electrons. The van der Waals surface area contributed by atoms with Crippen LogP contribution in [0.3, 0.4) is 0 Å². The van der Waals surface area contributed by atoms with Gasteiger partial charge in [-0.3, -0.25) is 10.1 Å². The van der Waals surface area contributed by atoms with Crippen molar-refractivity contribution in [2.24, 2.45) is 0 Å². The van der Waals surface area contributed by atoms with Crippen molar-refractivity contribution < 1.29 is 32.7 Å². The van der Waals surface area contributed by atoms with Gasteiger partial charge in [0.2, 0.25) is 0 Å². The van der Waals surface area contributed by atoms with Crippen LogP contribution in [0.5, 0.6) is 0 Å². The molecule has 1 aromatic carbocycles. The monoisotopic (exact) mass is 308 g/mol. The predicted molar refractivity (Wildman–Crippen MR) is 64.9 cm³/mol. The van der Waals surface area contributed by atoms with E-state index in [1.807, 2.05) is 5.32 Å². The lowest BCUT2D eigenvalue weighted by Gasteiger charge is -2.15. The minimum Gasteiger partial charge on any atom is -0.465 e. The van der Waals surface area contributed by atoms with E-state index in [0.29, 0.717) is 12.1 Å². The Morgan fingerprint density at radius 1 is 1.52 bits per heavy atom. The van der Waals surface area contributed by atoms with Gasteiger partial charge in [0.05, 0.1) is 30.2 Å². The SMILES string of the molecule is COC(=O)c1cc(NCC(F)(F)CO)c([N+](=O)[O-])cc1F. The van der Waals surface area contributed by atoms with E-state index in [0.717, 1.165) is 7.11 Å². The van der Waals surface area contributed by atoms with Crippen LogP contribution in [0, 0.1) is 15.9 Å². The summed E-state index contributed by atoms with van der Waals surface area (Å²) in [7, 11) is 0.968. The third-order valence-electron chi connectivity index (χ3n) is 2.46. The minimum absolute atomic E-state index is 0.422. The van der Waals surface area contributed by atoms with E-state index in [1.54, 1.807) is 0 Å². The molecule has 21 heavy (non-hydrogen) atoms. The van der Waals surface area contributed by atoms with Crippen LogP contribution in [0.2, 0.25) is 0 Å². The Bertz CT molecular complexity index is 565. The summed E-state index contributed by atoms with van der Waals surface area (Å²) in [4.78, 5) is 21.0. The Kier molecular flexibility index (Phi) is 5.08. The number of anilines is 1. The van der Waals surface area contributed by atoms with Crippen molar-refractivity contribution in [1.29, 1.82) is 0 Å². The first-order valence-electron chi connectivity index (χ1n) is 5.50. The Labute approximate surface area is 116 Å². The third kappa shape index (κ3) is 4.05. The van der Waals surface area contributed by atoms with Gasteiger partial charge in [-0.05, 0) is 6.07 Å². The molecular formula is C11H11F3N2O5. The van der Waals surface area contributed by atoms with E-state index in [2.05, 4.69) is 4.74 Å². The first kappa shape index (κ1) is 16.7. The van der Waals surface area contributed by atoms with Crippen LogP contribution in [-0.4, -0.2) is 42.2 Å². The van der Waals surface area contributed by atoms with Crippen LogP contribution in [-0.2, 0) is 4.74 Å². The van der Waals surface area contributed by atoms with Gasteiger partial charge < -0.3 is 15.2 Å². The number of ether oxygens (including phenoxy) is 1. The largest absolute Gasteiger partial charge is 0.465 e. The van der Waals surface area contributed by atoms with Crippen molar-refractivity contribution in [1.82, 2.24) is 0 Å². The fraction of sp³-hybridized carbons (Fsp3) is 0.364. The van der Waals surface area contributed by atoms with E-state index in [1.165, 1.54) is 0 Å². The number of hydrogen-bond donors (Lipinski definition) is 2. The zero-order chi connectivity index (χ0) is 16.2. The molecule has 0 saturated heterocycles. The molecule has 0 amide bonds. The number of aliphatic hydroxyl groups excluding tert-OH is 1. The van der Waals surface area contributed by atoms with Crippen LogP contribution in [0.1, 0.15) is 10.4 Å². The van der Waals surface area contributed by atoms with Crippen molar-refractivity contribution in [3.05, 3.63) is 33.6 Å². The molecule has 0 atom stereocenters. The van der Waals surface area contributed by atoms with Crippen LogP contribution >= 0.6 is 0 Å². The highest BCUT2D eigenvalue weighted by Crippen LogP contribution is 2.29. The number of carbonyl (C=O) groups excluding carboxylic acids is 1. The number of halogens is 3. The molecule has 0 aliphatic carbocycles. The summed E-state index contributed by atoms with van der Waals surface area (Å²) in [5, 5.41) is 21.2. The van der Waals surface area contributed by atoms with Crippen LogP contribution in [0.15, 0.2) is 12.1 Å². The number of alkyl halides is 2. The molecule has 0 spiro atoms. The maximum Gasteiger partial charge on any atom is 0.340 e. The van der Waals surface area contributed by atoms with Crippen molar-refractivity contribution in [3.8, 4) is 0 Å². The fourth-order valence-corrected chi connectivity index (χ4v) is 1.40. The van der Waals surface area contributed by atoms with Crippen molar-refractivity contribution >= 4 is 17.3 Å². The van der Waals surface area contributed by atoms with Crippen LogP contribution < -0.4 is 5.32 Å². The lowest BCUT2D eigenvalue weighted by Crippen LogP contribution is -2.31. The van der Waals surface area contributed by atoms with E-state index < -0.39 is 52.7 Å². The lowest BCUT2D eigenvalue weighted by molar-refractivity contribution is -0.384. The highest BCUT2D eigenvalue weighted by Gasteiger charge is 2.29. The standard InChI is InChI=1S/C11H11F3N2O5/c1-21-10(18)6-2-8(15-4-11(13,14)5-17)9(16(19)20)3-7(6)12/h2-3,15,17H,4-5H2,1H3. The predicted octanol–water partition coefficient (Wildman–Crippen LogP) is 1.56. The fourth-order valence-electron chi connectivity index (χ4n) is 1.40. The topological polar surface area (TPSA) is 102 Å². The van der Waals surface area contributed by atoms with Gasteiger partial charge in [0.15, 0.2) is 0 Å². The first-order valence-corrected chi connectivity index (χ1v) is 5.50. The smallest absolute Gasteiger partial charge is 0.340 e. The number of methoxy groups -OCH3 is 1. The molecular weight excluding hydrogens is 297 g/mol. The van der Waals surface area contributed by atoms with E-state index in [9.17, 15) is 28.1 Å².